The molecule has 0 aromatic carbocycles. The molecule has 0 radical (unpaired) electrons. The van der Waals surface area contributed by atoms with Gasteiger partial charge < -0.3 is 20.5 Å². The number of H-pyrrole nitrogens is 1. The van der Waals surface area contributed by atoms with Crippen LogP contribution in [0.15, 0.2) is 30.6 Å². The van der Waals surface area contributed by atoms with Crippen LogP contribution in [-0.2, 0) is 11.2 Å². The maximum Gasteiger partial charge on any atom is 0.253 e. The zero-order valence-corrected chi connectivity index (χ0v) is 18.9. The molecular weight excluding hydrogens is 437 g/mol. The minimum atomic E-state index is -0.585. The number of anilines is 3. The molecule has 176 valence electrons. The molecule has 0 unspecified atom stereocenters. The zero-order valence-electron chi connectivity index (χ0n) is 18.9. The summed E-state index contributed by atoms with van der Waals surface area (Å²) in [4.78, 5) is 42.1. The molecule has 3 aromatic heterocycles. The van der Waals surface area contributed by atoms with Crippen molar-refractivity contribution in [2.24, 2.45) is 5.92 Å². The average molecular weight is 464 g/mol. The minimum absolute atomic E-state index is 0.0841. The Balaban J connectivity index is 1.28. The van der Waals surface area contributed by atoms with E-state index < -0.39 is 5.82 Å². The van der Waals surface area contributed by atoms with Gasteiger partial charge in [0, 0.05) is 44.1 Å². The standard InChI is InChI=1S/C24H26FN7O2/c1-2-20(33)14-6-9-32(10-7-14)15-3-4-21(27-12-15)30-24-28-13-17(25)22(31-24)19-11-16-18(29-19)5-8-26-23(16)34/h3-4,11-14,29H,2,5-10H2,1H3,(H,26,34)(H,27,28,30,31). The first kappa shape index (κ1) is 22.0. The fraction of sp³-hybridized carbons (Fsp3) is 0.375. The second-order valence-electron chi connectivity index (χ2n) is 8.58. The molecule has 1 saturated heterocycles. The maximum absolute atomic E-state index is 14.5. The summed E-state index contributed by atoms with van der Waals surface area (Å²) >= 11 is 0. The Labute approximate surface area is 196 Å². The molecule has 2 aliphatic heterocycles. The summed E-state index contributed by atoms with van der Waals surface area (Å²) in [6, 6.07) is 5.39. The van der Waals surface area contributed by atoms with E-state index in [0.29, 0.717) is 42.2 Å². The first-order valence-electron chi connectivity index (χ1n) is 11.6. The fourth-order valence-corrected chi connectivity index (χ4v) is 4.55. The number of nitrogens with zero attached hydrogens (tertiary/aromatic N) is 4. The van der Waals surface area contributed by atoms with E-state index in [9.17, 15) is 14.0 Å². The van der Waals surface area contributed by atoms with Crippen LogP contribution in [0.2, 0.25) is 0 Å². The summed E-state index contributed by atoms with van der Waals surface area (Å²) < 4.78 is 14.5. The molecule has 34 heavy (non-hydrogen) atoms. The van der Waals surface area contributed by atoms with E-state index in [1.54, 1.807) is 12.3 Å². The Bertz CT molecular complexity index is 1220. The highest BCUT2D eigenvalue weighted by molar-refractivity contribution is 5.97. The van der Waals surface area contributed by atoms with Gasteiger partial charge in [0.05, 0.1) is 29.3 Å². The van der Waals surface area contributed by atoms with Crippen molar-refractivity contribution in [1.29, 1.82) is 0 Å². The molecule has 9 nitrogen and oxygen atoms in total. The third-order valence-electron chi connectivity index (χ3n) is 6.46. The van der Waals surface area contributed by atoms with Gasteiger partial charge in [-0.05, 0) is 31.0 Å². The highest BCUT2D eigenvalue weighted by Gasteiger charge is 2.24. The number of amides is 1. The van der Waals surface area contributed by atoms with Crippen LogP contribution in [0, 0.1) is 11.7 Å². The summed E-state index contributed by atoms with van der Waals surface area (Å²) in [6.07, 6.45) is 5.85. The largest absolute Gasteiger partial charge is 0.370 e. The molecule has 0 bridgehead atoms. The van der Waals surface area contributed by atoms with Crippen LogP contribution in [-0.4, -0.2) is 51.3 Å². The summed E-state index contributed by atoms with van der Waals surface area (Å²) in [5.41, 5.74) is 2.78. The van der Waals surface area contributed by atoms with E-state index in [1.807, 2.05) is 19.1 Å². The van der Waals surface area contributed by atoms with E-state index in [4.69, 9.17) is 0 Å². The second-order valence-corrected chi connectivity index (χ2v) is 8.58. The van der Waals surface area contributed by atoms with Gasteiger partial charge in [0.15, 0.2) is 5.82 Å². The van der Waals surface area contributed by atoms with E-state index in [2.05, 4.69) is 35.5 Å². The minimum Gasteiger partial charge on any atom is -0.370 e. The molecule has 3 aromatic rings. The Hall–Kier alpha value is -3.82. The predicted molar refractivity (Wildman–Crippen MR) is 126 cm³/mol. The van der Waals surface area contributed by atoms with Gasteiger partial charge in [-0.3, -0.25) is 9.59 Å². The number of hydrogen-bond acceptors (Lipinski definition) is 7. The van der Waals surface area contributed by atoms with E-state index in [-0.39, 0.29) is 23.5 Å². The van der Waals surface area contributed by atoms with Gasteiger partial charge in [-0.2, -0.15) is 0 Å². The van der Waals surface area contributed by atoms with Crippen LogP contribution in [0.1, 0.15) is 42.2 Å². The van der Waals surface area contributed by atoms with Gasteiger partial charge in [0.1, 0.15) is 17.3 Å². The molecule has 2 aliphatic rings. The lowest BCUT2D eigenvalue weighted by atomic mass is 9.91. The Morgan fingerprint density at radius 2 is 2.06 bits per heavy atom. The molecule has 1 fully saturated rings. The smallest absolute Gasteiger partial charge is 0.253 e. The normalized spacial score (nSPS) is 16.2. The number of hydrogen-bond donors (Lipinski definition) is 3. The van der Waals surface area contributed by atoms with Crippen LogP contribution in [0.3, 0.4) is 0 Å². The number of piperidine rings is 1. The van der Waals surface area contributed by atoms with Crippen LogP contribution < -0.4 is 15.5 Å². The third-order valence-corrected chi connectivity index (χ3v) is 6.46. The van der Waals surface area contributed by atoms with Gasteiger partial charge in [0.25, 0.3) is 5.91 Å². The van der Waals surface area contributed by atoms with Crippen molar-refractivity contribution in [2.45, 2.75) is 32.6 Å². The number of aromatic amines is 1. The molecule has 3 N–H and O–H groups in total. The Morgan fingerprint density at radius 1 is 1.24 bits per heavy atom. The van der Waals surface area contributed by atoms with Crippen LogP contribution >= 0.6 is 0 Å². The summed E-state index contributed by atoms with van der Waals surface area (Å²) in [5.74, 6) is 0.480. The first-order chi connectivity index (χ1) is 16.5. The molecule has 0 saturated carbocycles. The molecule has 0 spiro atoms. The van der Waals surface area contributed by atoms with Crippen molar-refractivity contribution < 1.29 is 14.0 Å². The van der Waals surface area contributed by atoms with Crippen LogP contribution in [0.4, 0.5) is 21.8 Å². The second kappa shape index (κ2) is 9.20. The fourth-order valence-electron chi connectivity index (χ4n) is 4.55. The molecule has 0 aliphatic carbocycles. The lowest BCUT2D eigenvalue weighted by Crippen LogP contribution is -2.36. The van der Waals surface area contributed by atoms with Crippen molar-refractivity contribution in [3.63, 3.8) is 0 Å². The molecule has 0 atom stereocenters. The Morgan fingerprint density at radius 3 is 2.76 bits per heavy atom. The quantitative estimate of drug-likeness (QED) is 0.514. The van der Waals surface area contributed by atoms with Crippen molar-refractivity contribution in [1.82, 2.24) is 25.3 Å². The highest BCUT2D eigenvalue weighted by Crippen LogP contribution is 2.27. The number of carbonyl (C=O) groups is 2. The highest BCUT2D eigenvalue weighted by atomic mass is 19.1. The van der Waals surface area contributed by atoms with Gasteiger partial charge in [-0.25, -0.2) is 19.3 Å². The lowest BCUT2D eigenvalue weighted by molar-refractivity contribution is -0.123. The maximum atomic E-state index is 14.5. The van der Waals surface area contributed by atoms with Gasteiger partial charge in [-0.15, -0.1) is 0 Å². The monoisotopic (exact) mass is 463 g/mol. The zero-order chi connectivity index (χ0) is 23.7. The van der Waals surface area contributed by atoms with E-state index >= 15 is 0 Å². The average Bonchev–Trinajstić information content (AvgIpc) is 3.31. The summed E-state index contributed by atoms with van der Waals surface area (Å²) in [5, 5.41) is 5.79. The number of fused-ring (bicyclic) bond motifs is 1. The number of ketones is 1. The SMILES string of the molecule is CCC(=O)C1CCN(c2ccc(Nc3ncc(F)c(-c4cc5c([nH]4)CCNC5=O)n3)nc2)CC1. The molecular formula is C24H26FN7O2. The van der Waals surface area contributed by atoms with Crippen LogP contribution in [0.5, 0.6) is 0 Å². The molecule has 10 heteroatoms. The number of nitrogens with one attached hydrogen (secondary N) is 3. The van der Waals surface area contributed by atoms with Gasteiger partial charge in [-0.1, -0.05) is 6.92 Å². The topological polar surface area (TPSA) is 116 Å². The summed E-state index contributed by atoms with van der Waals surface area (Å²) in [7, 11) is 0. The first-order valence-corrected chi connectivity index (χ1v) is 11.6. The molecule has 5 heterocycles. The molecule has 1 amide bonds. The number of aromatic nitrogens is 4. The van der Waals surface area contributed by atoms with Gasteiger partial charge in [0.2, 0.25) is 5.95 Å². The number of rotatable bonds is 6. The summed E-state index contributed by atoms with van der Waals surface area (Å²) in [6.45, 7) is 4.12. The lowest BCUT2D eigenvalue weighted by Gasteiger charge is -2.32. The number of pyridine rings is 1. The number of Topliss-reactive ketones (excluding diaryl/α,β-unsaturated/α-hetero) is 1. The predicted octanol–water partition coefficient (Wildman–Crippen LogP) is 3.23. The molecule has 5 rings (SSSR count). The van der Waals surface area contributed by atoms with Crippen molar-refractivity contribution >= 4 is 29.1 Å². The third kappa shape index (κ3) is 4.35. The Kier molecular flexibility index (Phi) is 5.95. The number of carbonyl (C=O) groups excluding carboxylic acids is 2. The van der Waals surface area contributed by atoms with E-state index in [1.165, 1.54) is 0 Å². The van der Waals surface area contributed by atoms with E-state index in [0.717, 1.165) is 43.5 Å². The van der Waals surface area contributed by atoms with Crippen molar-refractivity contribution in [3.8, 4) is 11.4 Å². The van der Waals surface area contributed by atoms with Crippen LogP contribution in [0.25, 0.3) is 11.4 Å². The van der Waals surface area contributed by atoms with Gasteiger partial charge >= 0.3 is 0 Å². The van der Waals surface area contributed by atoms with Crippen molar-refractivity contribution in [2.75, 3.05) is 29.9 Å². The van der Waals surface area contributed by atoms with Crippen molar-refractivity contribution in [3.05, 3.63) is 47.7 Å². The number of halogens is 1.